The lowest BCUT2D eigenvalue weighted by Crippen LogP contribution is -2.03. The van der Waals surface area contributed by atoms with Crippen molar-refractivity contribution in [2.75, 3.05) is 0 Å². The van der Waals surface area contributed by atoms with E-state index in [-0.39, 0.29) is 0 Å². The zero-order chi connectivity index (χ0) is 16.6. The number of aryl methyl sites for hydroxylation is 1. The van der Waals surface area contributed by atoms with Gasteiger partial charge in [-0.3, -0.25) is 0 Å². The Morgan fingerprint density at radius 1 is 1.00 bits per heavy atom. The molecule has 0 amide bonds. The summed E-state index contributed by atoms with van der Waals surface area (Å²) in [5, 5.41) is 0. The lowest BCUT2D eigenvalue weighted by Gasteiger charge is -2.06. The maximum absolute atomic E-state index is 12.6. The van der Waals surface area contributed by atoms with Crippen molar-refractivity contribution in [3.63, 3.8) is 0 Å². The predicted octanol–water partition coefficient (Wildman–Crippen LogP) is 6.10. The van der Waals surface area contributed by atoms with Crippen LogP contribution in [0.3, 0.4) is 0 Å². The SMILES string of the molecule is Cc1oc(-c2ccc(C(F)(F)F)cc2)nc1-c1cccc(Br)c1. The Bertz CT molecular complexity index is 838. The number of benzene rings is 2. The number of aromatic nitrogens is 1. The van der Waals surface area contributed by atoms with Gasteiger partial charge in [0.1, 0.15) is 11.5 Å². The van der Waals surface area contributed by atoms with E-state index in [9.17, 15) is 13.2 Å². The lowest BCUT2D eigenvalue weighted by molar-refractivity contribution is -0.137. The Kier molecular flexibility index (Phi) is 4.02. The van der Waals surface area contributed by atoms with Gasteiger partial charge in [0.2, 0.25) is 5.89 Å². The molecule has 2 aromatic carbocycles. The topological polar surface area (TPSA) is 26.0 Å². The molecular formula is C17H11BrF3NO. The summed E-state index contributed by atoms with van der Waals surface area (Å²) in [5.74, 6) is 0.907. The average molecular weight is 382 g/mol. The van der Waals surface area contributed by atoms with E-state index in [1.807, 2.05) is 24.3 Å². The monoisotopic (exact) mass is 381 g/mol. The summed E-state index contributed by atoms with van der Waals surface area (Å²) in [5.41, 5.74) is 1.35. The van der Waals surface area contributed by atoms with E-state index in [4.69, 9.17) is 4.42 Å². The molecule has 0 bridgehead atoms. The van der Waals surface area contributed by atoms with Gasteiger partial charge in [0.05, 0.1) is 5.56 Å². The molecule has 0 spiro atoms. The highest BCUT2D eigenvalue weighted by Gasteiger charge is 2.30. The fourth-order valence-corrected chi connectivity index (χ4v) is 2.62. The van der Waals surface area contributed by atoms with Crippen molar-refractivity contribution >= 4 is 15.9 Å². The van der Waals surface area contributed by atoms with Crippen LogP contribution in [0.2, 0.25) is 0 Å². The number of alkyl halides is 3. The molecule has 0 saturated heterocycles. The van der Waals surface area contributed by atoms with Crippen LogP contribution in [0, 0.1) is 6.92 Å². The zero-order valence-electron chi connectivity index (χ0n) is 12.0. The van der Waals surface area contributed by atoms with Crippen LogP contribution < -0.4 is 0 Å². The van der Waals surface area contributed by atoms with E-state index >= 15 is 0 Å². The molecule has 0 N–H and O–H groups in total. The number of nitrogens with zero attached hydrogens (tertiary/aromatic N) is 1. The Labute approximate surface area is 139 Å². The Balaban J connectivity index is 1.98. The molecule has 1 aromatic heterocycles. The molecule has 6 heteroatoms. The van der Waals surface area contributed by atoms with E-state index in [0.717, 1.165) is 22.2 Å². The van der Waals surface area contributed by atoms with Gasteiger partial charge < -0.3 is 4.42 Å². The van der Waals surface area contributed by atoms with Crippen molar-refractivity contribution in [3.05, 3.63) is 64.3 Å². The summed E-state index contributed by atoms with van der Waals surface area (Å²) >= 11 is 3.40. The van der Waals surface area contributed by atoms with Gasteiger partial charge >= 0.3 is 6.18 Å². The lowest BCUT2D eigenvalue weighted by atomic mass is 10.1. The largest absolute Gasteiger partial charge is 0.441 e. The minimum atomic E-state index is -4.35. The highest BCUT2D eigenvalue weighted by atomic mass is 79.9. The molecule has 1 heterocycles. The van der Waals surface area contributed by atoms with Gasteiger partial charge in [-0.15, -0.1) is 0 Å². The summed E-state index contributed by atoms with van der Waals surface area (Å²) in [6.07, 6.45) is -4.35. The molecule has 0 aliphatic carbocycles. The van der Waals surface area contributed by atoms with Gasteiger partial charge in [-0.1, -0.05) is 28.1 Å². The first-order valence-corrected chi connectivity index (χ1v) is 7.55. The standard InChI is InChI=1S/C17H11BrF3NO/c1-10-15(12-3-2-4-14(18)9-12)22-16(23-10)11-5-7-13(8-6-11)17(19,20)21/h2-9H,1H3. The molecular weight excluding hydrogens is 371 g/mol. The van der Waals surface area contributed by atoms with Crippen molar-refractivity contribution in [2.45, 2.75) is 13.1 Å². The first kappa shape index (κ1) is 15.8. The summed E-state index contributed by atoms with van der Waals surface area (Å²) in [7, 11) is 0. The van der Waals surface area contributed by atoms with Crippen LogP contribution in [0.4, 0.5) is 13.2 Å². The molecule has 3 rings (SSSR count). The van der Waals surface area contributed by atoms with E-state index < -0.39 is 11.7 Å². The second-order valence-electron chi connectivity index (χ2n) is 5.01. The zero-order valence-corrected chi connectivity index (χ0v) is 13.6. The number of halogens is 4. The summed E-state index contributed by atoms with van der Waals surface area (Å²) < 4.78 is 44.3. The van der Waals surface area contributed by atoms with E-state index in [1.54, 1.807) is 6.92 Å². The normalized spacial score (nSPS) is 11.7. The molecule has 2 nitrogen and oxygen atoms in total. The molecule has 23 heavy (non-hydrogen) atoms. The molecule has 0 radical (unpaired) electrons. The highest BCUT2D eigenvalue weighted by molar-refractivity contribution is 9.10. The molecule has 0 unspecified atom stereocenters. The fraction of sp³-hybridized carbons (Fsp3) is 0.118. The van der Waals surface area contributed by atoms with Gasteiger partial charge in [0.15, 0.2) is 0 Å². The van der Waals surface area contributed by atoms with Crippen LogP contribution >= 0.6 is 15.9 Å². The maximum Gasteiger partial charge on any atom is 0.416 e. The van der Waals surface area contributed by atoms with Crippen LogP contribution in [0.15, 0.2) is 57.4 Å². The summed E-state index contributed by atoms with van der Waals surface area (Å²) in [4.78, 5) is 4.41. The Morgan fingerprint density at radius 2 is 1.70 bits per heavy atom. The van der Waals surface area contributed by atoms with Crippen molar-refractivity contribution in [1.29, 1.82) is 0 Å². The van der Waals surface area contributed by atoms with Crippen LogP contribution in [0.1, 0.15) is 11.3 Å². The van der Waals surface area contributed by atoms with Crippen molar-refractivity contribution < 1.29 is 17.6 Å². The summed E-state index contributed by atoms with van der Waals surface area (Å²) in [6, 6.07) is 12.3. The minimum Gasteiger partial charge on any atom is -0.441 e. The minimum absolute atomic E-state index is 0.297. The molecule has 0 fully saturated rings. The maximum atomic E-state index is 12.6. The fourth-order valence-electron chi connectivity index (χ4n) is 2.23. The second kappa shape index (κ2) is 5.85. The summed E-state index contributed by atoms with van der Waals surface area (Å²) in [6.45, 7) is 1.77. The predicted molar refractivity (Wildman–Crippen MR) is 84.8 cm³/mol. The smallest absolute Gasteiger partial charge is 0.416 e. The van der Waals surface area contributed by atoms with Crippen molar-refractivity contribution in [2.24, 2.45) is 0 Å². The van der Waals surface area contributed by atoms with Gasteiger partial charge in [-0.25, -0.2) is 4.98 Å². The number of hydrogen-bond donors (Lipinski definition) is 0. The Morgan fingerprint density at radius 3 is 2.30 bits per heavy atom. The van der Waals surface area contributed by atoms with E-state index in [2.05, 4.69) is 20.9 Å². The van der Waals surface area contributed by atoms with Gasteiger partial charge in [0, 0.05) is 15.6 Å². The third kappa shape index (κ3) is 3.32. The van der Waals surface area contributed by atoms with Crippen LogP contribution in [0.25, 0.3) is 22.7 Å². The molecule has 0 atom stereocenters. The third-order valence-electron chi connectivity index (χ3n) is 3.35. The van der Waals surface area contributed by atoms with Gasteiger partial charge in [0.25, 0.3) is 0 Å². The van der Waals surface area contributed by atoms with Crippen molar-refractivity contribution in [1.82, 2.24) is 4.98 Å². The number of oxazole rings is 1. The quantitative estimate of drug-likeness (QED) is 0.536. The molecule has 0 aliphatic rings. The Hall–Kier alpha value is -2.08. The van der Waals surface area contributed by atoms with Gasteiger partial charge in [-0.2, -0.15) is 13.2 Å². The van der Waals surface area contributed by atoms with E-state index in [0.29, 0.717) is 22.9 Å². The molecule has 0 saturated carbocycles. The first-order chi connectivity index (χ1) is 10.8. The second-order valence-corrected chi connectivity index (χ2v) is 5.92. The van der Waals surface area contributed by atoms with Gasteiger partial charge in [-0.05, 0) is 43.3 Å². The molecule has 118 valence electrons. The average Bonchev–Trinajstić information content (AvgIpc) is 2.88. The number of rotatable bonds is 2. The van der Waals surface area contributed by atoms with Crippen LogP contribution in [-0.4, -0.2) is 4.98 Å². The van der Waals surface area contributed by atoms with Crippen molar-refractivity contribution in [3.8, 4) is 22.7 Å². The van der Waals surface area contributed by atoms with E-state index in [1.165, 1.54) is 12.1 Å². The molecule has 3 aromatic rings. The van der Waals surface area contributed by atoms with Crippen LogP contribution in [-0.2, 0) is 6.18 Å². The highest BCUT2D eigenvalue weighted by Crippen LogP contribution is 2.33. The first-order valence-electron chi connectivity index (χ1n) is 6.75. The molecule has 0 aliphatic heterocycles. The third-order valence-corrected chi connectivity index (χ3v) is 3.85. The number of hydrogen-bond acceptors (Lipinski definition) is 2. The van der Waals surface area contributed by atoms with Crippen LogP contribution in [0.5, 0.6) is 0 Å².